The molecule has 86 valence electrons. The van der Waals surface area contributed by atoms with Gasteiger partial charge in [0.25, 0.3) is 0 Å². The van der Waals surface area contributed by atoms with E-state index < -0.39 is 0 Å². The predicted molar refractivity (Wildman–Crippen MR) is 62.1 cm³/mol. The number of benzene rings is 1. The smallest absolute Gasteiger partial charge is 0.245 e. The van der Waals surface area contributed by atoms with Crippen molar-refractivity contribution >= 4 is 11.6 Å². The minimum atomic E-state index is -0.152. The van der Waals surface area contributed by atoms with E-state index in [2.05, 4.69) is 5.32 Å². The lowest BCUT2D eigenvalue weighted by molar-refractivity contribution is -0.0123. The fraction of sp³-hybridized carbons (Fsp3) is 0.500. The molecule has 1 N–H and O–H groups in total. The molecule has 1 aromatic carbocycles. The summed E-state index contributed by atoms with van der Waals surface area (Å²) in [6.45, 7) is 2.06. The quantitative estimate of drug-likeness (QED) is 0.817. The molecule has 0 radical (unpaired) electrons. The van der Waals surface area contributed by atoms with Gasteiger partial charge < -0.3 is 14.8 Å². The molecule has 16 heavy (non-hydrogen) atoms. The summed E-state index contributed by atoms with van der Waals surface area (Å²) in [4.78, 5) is 0. The van der Waals surface area contributed by atoms with Crippen molar-refractivity contribution in [3.05, 3.63) is 23.2 Å². The Bertz CT molecular complexity index is 391. The number of nitrogens with one attached hydrogen (secondary N) is 1. The first-order valence-corrected chi connectivity index (χ1v) is 6.04. The van der Waals surface area contributed by atoms with Gasteiger partial charge in [-0.2, -0.15) is 0 Å². The zero-order chi connectivity index (χ0) is 11.0. The van der Waals surface area contributed by atoms with Crippen molar-refractivity contribution in [1.82, 2.24) is 5.32 Å². The molecular formula is C12H14ClNO2. The van der Waals surface area contributed by atoms with Gasteiger partial charge in [-0.05, 0) is 31.5 Å². The number of rotatable bonds is 1. The van der Waals surface area contributed by atoms with Crippen molar-refractivity contribution < 1.29 is 9.47 Å². The molecular weight excluding hydrogens is 226 g/mol. The van der Waals surface area contributed by atoms with Crippen LogP contribution in [0.4, 0.5) is 0 Å². The highest BCUT2D eigenvalue weighted by atomic mass is 35.5. The molecule has 3 rings (SSSR count). The highest BCUT2D eigenvalue weighted by molar-refractivity contribution is 6.30. The number of hydrogen-bond donors (Lipinski definition) is 1. The van der Waals surface area contributed by atoms with Crippen LogP contribution in [-0.4, -0.2) is 19.4 Å². The van der Waals surface area contributed by atoms with Crippen molar-refractivity contribution in [1.29, 1.82) is 0 Å². The molecule has 2 unspecified atom stereocenters. The Kier molecular flexibility index (Phi) is 2.65. The molecule has 2 heterocycles. The lowest BCUT2D eigenvalue weighted by Crippen LogP contribution is -2.40. The first kappa shape index (κ1) is 10.2. The third-order valence-corrected chi connectivity index (χ3v) is 3.35. The molecule has 1 saturated heterocycles. The summed E-state index contributed by atoms with van der Waals surface area (Å²) in [5.74, 6) is 2.00. The summed E-state index contributed by atoms with van der Waals surface area (Å²) in [6.07, 6.45) is 2.19. The van der Waals surface area contributed by atoms with Gasteiger partial charge in [0.15, 0.2) is 11.5 Å². The average Bonchev–Trinajstić information content (AvgIpc) is 2.73. The van der Waals surface area contributed by atoms with Crippen LogP contribution in [0.2, 0.25) is 5.02 Å². The van der Waals surface area contributed by atoms with E-state index in [4.69, 9.17) is 21.1 Å². The van der Waals surface area contributed by atoms with Gasteiger partial charge >= 0.3 is 0 Å². The predicted octanol–water partition coefficient (Wildman–Crippen LogP) is 2.44. The summed E-state index contributed by atoms with van der Waals surface area (Å²) in [5.41, 5.74) is 0. The first-order valence-electron chi connectivity index (χ1n) is 5.66. The molecule has 0 saturated carbocycles. The second kappa shape index (κ2) is 4.15. The molecule has 2 atom stereocenters. The largest absolute Gasteiger partial charge is 0.451 e. The molecule has 0 amide bonds. The molecule has 0 aliphatic carbocycles. The molecule has 4 heteroatoms. The highest BCUT2D eigenvalue weighted by Crippen LogP contribution is 2.39. The van der Waals surface area contributed by atoms with Gasteiger partial charge in [-0.15, -0.1) is 0 Å². The van der Waals surface area contributed by atoms with Gasteiger partial charge in [0.05, 0.1) is 0 Å². The maximum Gasteiger partial charge on any atom is 0.245 e. The van der Waals surface area contributed by atoms with E-state index in [1.165, 1.54) is 6.42 Å². The topological polar surface area (TPSA) is 30.5 Å². The van der Waals surface area contributed by atoms with Crippen LogP contribution >= 0.6 is 11.6 Å². The van der Waals surface area contributed by atoms with Crippen molar-refractivity contribution in [2.45, 2.75) is 19.1 Å². The summed E-state index contributed by atoms with van der Waals surface area (Å²) in [6, 6.07) is 5.51. The molecule has 0 spiro atoms. The fourth-order valence-electron chi connectivity index (χ4n) is 2.25. The van der Waals surface area contributed by atoms with Gasteiger partial charge in [-0.25, -0.2) is 0 Å². The van der Waals surface area contributed by atoms with Crippen LogP contribution in [0.1, 0.15) is 12.8 Å². The average molecular weight is 240 g/mol. The minimum Gasteiger partial charge on any atom is -0.451 e. The van der Waals surface area contributed by atoms with Gasteiger partial charge in [-0.1, -0.05) is 11.6 Å². The van der Waals surface area contributed by atoms with Crippen LogP contribution < -0.4 is 14.8 Å². The molecule has 0 aromatic heterocycles. The van der Waals surface area contributed by atoms with E-state index in [0.717, 1.165) is 31.0 Å². The minimum absolute atomic E-state index is 0.152. The summed E-state index contributed by atoms with van der Waals surface area (Å²) in [5, 5.41) is 4.05. The van der Waals surface area contributed by atoms with Crippen LogP contribution in [0.15, 0.2) is 18.2 Å². The number of piperidine rings is 1. The monoisotopic (exact) mass is 239 g/mol. The highest BCUT2D eigenvalue weighted by Gasteiger charge is 2.32. The van der Waals surface area contributed by atoms with Crippen LogP contribution in [0.25, 0.3) is 0 Å². The van der Waals surface area contributed by atoms with Crippen LogP contribution in [0.5, 0.6) is 11.5 Å². The number of ether oxygens (including phenoxy) is 2. The third-order valence-electron chi connectivity index (χ3n) is 3.11. The normalized spacial score (nSPS) is 28.1. The maximum atomic E-state index is 5.91. The molecule has 0 bridgehead atoms. The molecule has 2 aliphatic rings. The van der Waals surface area contributed by atoms with E-state index >= 15 is 0 Å². The lowest BCUT2D eigenvalue weighted by atomic mass is 9.99. The van der Waals surface area contributed by atoms with Crippen LogP contribution in [0.3, 0.4) is 0 Å². The molecule has 1 fully saturated rings. The standard InChI is InChI=1S/C12H14ClNO2/c13-9-3-4-10-11(6-9)16-12(15-10)8-2-1-5-14-7-8/h3-4,6,8,12,14H,1-2,5,7H2. The molecule has 3 nitrogen and oxygen atoms in total. The Balaban J connectivity index is 1.74. The zero-order valence-corrected chi connectivity index (χ0v) is 9.67. The van der Waals surface area contributed by atoms with Gasteiger partial charge in [0, 0.05) is 23.6 Å². The number of hydrogen-bond acceptors (Lipinski definition) is 3. The summed E-state index contributed by atoms with van der Waals surface area (Å²) < 4.78 is 11.6. The third kappa shape index (κ3) is 1.85. The Morgan fingerprint density at radius 3 is 2.94 bits per heavy atom. The molecule has 2 aliphatic heterocycles. The Hall–Kier alpha value is -0.930. The van der Waals surface area contributed by atoms with Crippen molar-refractivity contribution in [2.75, 3.05) is 13.1 Å². The van der Waals surface area contributed by atoms with Gasteiger partial charge in [0.1, 0.15) is 0 Å². The first-order chi connectivity index (χ1) is 7.83. The van der Waals surface area contributed by atoms with E-state index in [1.54, 1.807) is 0 Å². The molecule has 1 aromatic rings. The second-order valence-corrected chi connectivity index (χ2v) is 4.74. The number of fused-ring (bicyclic) bond motifs is 1. The van der Waals surface area contributed by atoms with Crippen molar-refractivity contribution in [3.8, 4) is 11.5 Å². The SMILES string of the molecule is Clc1ccc2c(c1)OC(C1CCCNC1)O2. The van der Waals surface area contributed by atoms with Crippen molar-refractivity contribution in [3.63, 3.8) is 0 Å². The van der Waals surface area contributed by atoms with E-state index in [9.17, 15) is 0 Å². The van der Waals surface area contributed by atoms with Crippen LogP contribution in [0, 0.1) is 5.92 Å². The van der Waals surface area contributed by atoms with Gasteiger partial charge in [0.2, 0.25) is 6.29 Å². The van der Waals surface area contributed by atoms with Crippen LogP contribution in [-0.2, 0) is 0 Å². The maximum absolute atomic E-state index is 5.91. The summed E-state index contributed by atoms with van der Waals surface area (Å²) >= 11 is 5.91. The van der Waals surface area contributed by atoms with Crippen molar-refractivity contribution in [2.24, 2.45) is 5.92 Å². The van der Waals surface area contributed by atoms with Gasteiger partial charge in [-0.3, -0.25) is 0 Å². The van der Waals surface area contributed by atoms with E-state index in [1.807, 2.05) is 18.2 Å². The lowest BCUT2D eigenvalue weighted by Gasteiger charge is -2.26. The van der Waals surface area contributed by atoms with E-state index in [-0.39, 0.29) is 6.29 Å². The Morgan fingerprint density at radius 2 is 2.12 bits per heavy atom. The van der Waals surface area contributed by atoms with E-state index in [0.29, 0.717) is 10.9 Å². The number of halogens is 1. The second-order valence-electron chi connectivity index (χ2n) is 4.30. The fourth-order valence-corrected chi connectivity index (χ4v) is 2.41. The Morgan fingerprint density at radius 1 is 1.25 bits per heavy atom. The Labute approximate surface area is 99.7 Å². The zero-order valence-electron chi connectivity index (χ0n) is 8.91. The summed E-state index contributed by atoms with van der Waals surface area (Å²) in [7, 11) is 0.